The molecule has 2 aromatic rings. The van der Waals surface area contributed by atoms with E-state index in [1.54, 1.807) is 16.3 Å². The molecule has 10 heteroatoms. The van der Waals surface area contributed by atoms with Gasteiger partial charge in [0.1, 0.15) is 10.3 Å². The van der Waals surface area contributed by atoms with Crippen molar-refractivity contribution in [1.82, 2.24) is 14.5 Å². The van der Waals surface area contributed by atoms with Gasteiger partial charge in [-0.1, -0.05) is 45.0 Å². The Bertz CT molecular complexity index is 1050. The summed E-state index contributed by atoms with van der Waals surface area (Å²) in [6.07, 6.45) is 0.838. The predicted octanol–water partition coefficient (Wildman–Crippen LogP) is 2.40. The van der Waals surface area contributed by atoms with E-state index in [0.717, 1.165) is 29.0 Å². The van der Waals surface area contributed by atoms with Gasteiger partial charge in [0.05, 0.1) is 6.54 Å². The normalized spacial score (nSPS) is 16.1. The summed E-state index contributed by atoms with van der Waals surface area (Å²) in [7, 11) is -3.75. The second-order valence-electron chi connectivity index (χ2n) is 8.44. The van der Waals surface area contributed by atoms with Crippen LogP contribution in [0.1, 0.15) is 26.3 Å². The lowest BCUT2D eigenvalue weighted by Gasteiger charge is -2.36. The molecule has 0 saturated carbocycles. The van der Waals surface area contributed by atoms with Crippen molar-refractivity contribution in [2.75, 3.05) is 38.0 Å². The summed E-state index contributed by atoms with van der Waals surface area (Å²) >= 11 is 1.12. The van der Waals surface area contributed by atoms with Crippen molar-refractivity contribution < 1.29 is 18.0 Å². The van der Waals surface area contributed by atoms with E-state index in [0.29, 0.717) is 26.2 Å². The van der Waals surface area contributed by atoms with Crippen molar-refractivity contribution in [2.45, 2.75) is 37.4 Å². The molecule has 33 heavy (non-hydrogen) atoms. The summed E-state index contributed by atoms with van der Waals surface area (Å²) in [5.74, 6) is -0.514. The maximum Gasteiger partial charge on any atom is 0.250 e. The third kappa shape index (κ3) is 6.63. The molecule has 1 atom stereocenters. The first kappa shape index (κ1) is 25.4. The Morgan fingerprint density at radius 1 is 1.06 bits per heavy atom. The fourth-order valence-electron chi connectivity index (χ4n) is 3.78. The number of thiophene rings is 1. The number of aryl methyl sites for hydroxylation is 1. The average molecular weight is 493 g/mol. The first-order chi connectivity index (χ1) is 15.7. The summed E-state index contributed by atoms with van der Waals surface area (Å²) in [6.45, 7) is 7.95. The zero-order valence-corrected chi connectivity index (χ0v) is 20.9. The Kier molecular flexibility index (Phi) is 8.63. The monoisotopic (exact) mass is 492 g/mol. The summed E-state index contributed by atoms with van der Waals surface area (Å²) in [5, 5.41) is 4.67. The van der Waals surface area contributed by atoms with Gasteiger partial charge in [0.2, 0.25) is 11.8 Å². The number of sulfonamides is 1. The lowest BCUT2D eigenvalue weighted by atomic mass is 10.0. The lowest BCUT2D eigenvalue weighted by molar-refractivity contribution is -0.135. The molecular formula is C23H32N4O4S2. The SMILES string of the molecule is CCc1ccccc1NC(=O)CN1CCN(C(=O)C(NS(=O)(=O)c2cccs2)C(C)C)CC1. The molecule has 3 rings (SSSR count). The number of carbonyl (C=O) groups excluding carboxylic acids is 2. The van der Waals surface area contributed by atoms with Crippen molar-refractivity contribution in [3.05, 3.63) is 47.3 Å². The highest BCUT2D eigenvalue weighted by Crippen LogP contribution is 2.19. The van der Waals surface area contributed by atoms with Gasteiger partial charge in [-0.2, -0.15) is 4.72 Å². The van der Waals surface area contributed by atoms with Gasteiger partial charge in [-0.05, 0) is 35.4 Å². The Morgan fingerprint density at radius 3 is 2.36 bits per heavy atom. The maximum absolute atomic E-state index is 13.1. The molecule has 8 nitrogen and oxygen atoms in total. The molecule has 1 aliphatic rings. The van der Waals surface area contributed by atoms with Gasteiger partial charge in [0, 0.05) is 31.9 Å². The number of hydrogen-bond acceptors (Lipinski definition) is 6. The summed E-state index contributed by atoms with van der Waals surface area (Å²) in [6, 6.07) is 10.1. The molecule has 1 unspecified atom stereocenters. The van der Waals surface area contributed by atoms with Crippen LogP contribution in [0.15, 0.2) is 46.0 Å². The second kappa shape index (κ2) is 11.2. The minimum Gasteiger partial charge on any atom is -0.339 e. The van der Waals surface area contributed by atoms with Gasteiger partial charge in [-0.15, -0.1) is 11.3 Å². The van der Waals surface area contributed by atoms with Gasteiger partial charge in [0.15, 0.2) is 0 Å². The molecule has 0 aliphatic carbocycles. The van der Waals surface area contributed by atoms with Crippen LogP contribution in [0.2, 0.25) is 0 Å². The highest BCUT2D eigenvalue weighted by atomic mass is 32.2. The van der Waals surface area contributed by atoms with E-state index in [4.69, 9.17) is 0 Å². The zero-order valence-electron chi connectivity index (χ0n) is 19.3. The van der Waals surface area contributed by atoms with E-state index in [1.165, 1.54) is 6.07 Å². The fraction of sp³-hybridized carbons (Fsp3) is 0.478. The summed E-state index contributed by atoms with van der Waals surface area (Å²) < 4.78 is 28.1. The number of nitrogens with zero attached hydrogens (tertiary/aromatic N) is 2. The molecule has 180 valence electrons. The van der Waals surface area contributed by atoms with E-state index < -0.39 is 16.1 Å². The first-order valence-corrected chi connectivity index (χ1v) is 13.5. The van der Waals surface area contributed by atoms with Crippen molar-refractivity contribution in [1.29, 1.82) is 0 Å². The Hall–Kier alpha value is -2.27. The van der Waals surface area contributed by atoms with Crippen LogP contribution < -0.4 is 10.0 Å². The van der Waals surface area contributed by atoms with Crippen molar-refractivity contribution >= 4 is 38.9 Å². The number of amides is 2. The smallest absolute Gasteiger partial charge is 0.250 e. The van der Waals surface area contributed by atoms with Crippen LogP contribution in [0.5, 0.6) is 0 Å². The largest absolute Gasteiger partial charge is 0.339 e. The lowest BCUT2D eigenvalue weighted by Crippen LogP contribution is -2.56. The average Bonchev–Trinajstić information content (AvgIpc) is 3.34. The third-order valence-corrected chi connectivity index (χ3v) is 8.54. The summed E-state index contributed by atoms with van der Waals surface area (Å²) in [4.78, 5) is 29.3. The molecule has 1 aliphatic heterocycles. The van der Waals surface area contributed by atoms with Crippen LogP contribution in [0.4, 0.5) is 5.69 Å². The second-order valence-corrected chi connectivity index (χ2v) is 11.3. The zero-order chi connectivity index (χ0) is 24.0. The molecule has 0 spiro atoms. The van der Waals surface area contributed by atoms with Crippen LogP contribution in [-0.2, 0) is 26.0 Å². The molecule has 0 radical (unpaired) electrons. The quantitative estimate of drug-likeness (QED) is 0.560. The van der Waals surface area contributed by atoms with Crippen LogP contribution in [0.25, 0.3) is 0 Å². The van der Waals surface area contributed by atoms with Crippen LogP contribution in [0.3, 0.4) is 0 Å². The van der Waals surface area contributed by atoms with E-state index in [1.807, 2.05) is 49.9 Å². The number of anilines is 1. The Balaban J connectivity index is 1.54. The molecule has 2 amide bonds. The number of piperazine rings is 1. The third-order valence-electron chi connectivity index (χ3n) is 5.70. The predicted molar refractivity (Wildman–Crippen MR) is 131 cm³/mol. The molecule has 1 aromatic carbocycles. The van der Waals surface area contributed by atoms with Crippen molar-refractivity contribution in [3.8, 4) is 0 Å². The van der Waals surface area contributed by atoms with Crippen LogP contribution in [-0.4, -0.2) is 68.8 Å². The fourth-order valence-corrected chi connectivity index (χ4v) is 6.13. The van der Waals surface area contributed by atoms with E-state index >= 15 is 0 Å². The van der Waals surface area contributed by atoms with Crippen LogP contribution >= 0.6 is 11.3 Å². The van der Waals surface area contributed by atoms with Gasteiger partial charge in [0.25, 0.3) is 10.0 Å². The van der Waals surface area contributed by atoms with Crippen molar-refractivity contribution in [2.24, 2.45) is 5.92 Å². The molecule has 1 saturated heterocycles. The number of rotatable bonds is 9. The van der Waals surface area contributed by atoms with Gasteiger partial charge in [-0.3, -0.25) is 14.5 Å². The Labute approximate surface area is 200 Å². The van der Waals surface area contributed by atoms with Crippen molar-refractivity contribution in [3.63, 3.8) is 0 Å². The number of carbonyl (C=O) groups is 2. The topological polar surface area (TPSA) is 98.8 Å². The van der Waals surface area contributed by atoms with E-state index in [9.17, 15) is 18.0 Å². The van der Waals surface area contributed by atoms with Gasteiger partial charge >= 0.3 is 0 Å². The molecule has 0 bridgehead atoms. The molecule has 2 N–H and O–H groups in total. The minimum atomic E-state index is -3.75. The first-order valence-electron chi connectivity index (χ1n) is 11.2. The molecule has 1 fully saturated rings. The highest BCUT2D eigenvalue weighted by Gasteiger charge is 2.33. The number of nitrogens with one attached hydrogen (secondary N) is 2. The standard InChI is InChI=1S/C23H32N4O4S2/c1-4-18-8-5-6-9-19(18)24-20(28)16-26-11-13-27(14-12-26)23(29)22(17(2)3)25-33(30,31)21-10-7-15-32-21/h5-10,15,17,22,25H,4,11-14,16H2,1-3H3,(H,24,28). The van der Waals surface area contributed by atoms with Gasteiger partial charge < -0.3 is 10.2 Å². The Morgan fingerprint density at radius 2 is 1.76 bits per heavy atom. The van der Waals surface area contributed by atoms with Crippen LogP contribution in [0, 0.1) is 5.92 Å². The highest BCUT2D eigenvalue weighted by molar-refractivity contribution is 7.91. The maximum atomic E-state index is 13.1. The minimum absolute atomic E-state index is 0.0839. The number of hydrogen-bond donors (Lipinski definition) is 2. The number of para-hydroxylation sites is 1. The van der Waals surface area contributed by atoms with E-state index in [2.05, 4.69) is 10.0 Å². The summed E-state index contributed by atoms with van der Waals surface area (Å²) in [5.41, 5.74) is 1.92. The molecule has 1 aromatic heterocycles. The molecule has 2 heterocycles. The van der Waals surface area contributed by atoms with Gasteiger partial charge in [-0.25, -0.2) is 8.42 Å². The molecular weight excluding hydrogens is 460 g/mol. The number of benzene rings is 1. The van der Waals surface area contributed by atoms with E-state index in [-0.39, 0.29) is 28.5 Å².